The van der Waals surface area contributed by atoms with Gasteiger partial charge in [-0.2, -0.15) is 0 Å². The average molecular weight is 266 g/mol. The van der Waals surface area contributed by atoms with Gasteiger partial charge in [-0.3, -0.25) is 4.79 Å². The minimum Gasteiger partial charge on any atom is -0.342 e. The van der Waals surface area contributed by atoms with E-state index in [1.165, 1.54) is 44.9 Å². The summed E-state index contributed by atoms with van der Waals surface area (Å²) in [6.07, 6.45) is 11.2. The van der Waals surface area contributed by atoms with Crippen molar-refractivity contribution in [3.05, 3.63) is 0 Å². The average Bonchev–Trinajstić information content (AvgIpc) is 2.39. The smallest absolute Gasteiger partial charge is 0.225 e. The Labute approximate surface area is 118 Å². The molecule has 0 aromatic rings. The van der Waals surface area contributed by atoms with Crippen LogP contribution in [0.4, 0.5) is 0 Å². The number of nitrogens with zero attached hydrogens (tertiary/aromatic N) is 1. The van der Waals surface area contributed by atoms with E-state index in [-0.39, 0.29) is 0 Å². The maximum Gasteiger partial charge on any atom is 0.225 e. The molecule has 0 radical (unpaired) electrons. The second kappa shape index (κ2) is 7.88. The molecular formula is C16H30N2O. The van der Waals surface area contributed by atoms with Crippen LogP contribution in [0.2, 0.25) is 0 Å². The third-order valence-electron chi connectivity index (χ3n) is 4.87. The molecule has 1 saturated heterocycles. The lowest BCUT2D eigenvalue weighted by Crippen LogP contribution is -2.43. The van der Waals surface area contributed by atoms with Crippen LogP contribution in [0.1, 0.15) is 57.8 Å². The maximum atomic E-state index is 12.6. The molecule has 2 rings (SSSR count). The number of piperidine rings is 1. The molecule has 1 N–H and O–H groups in total. The molecule has 1 saturated carbocycles. The summed E-state index contributed by atoms with van der Waals surface area (Å²) in [6, 6.07) is 0. The molecule has 3 heteroatoms. The molecule has 3 nitrogen and oxygen atoms in total. The molecule has 0 atom stereocenters. The van der Waals surface area contributed by atoms with Gasteiger partial charge in [-0.1, -0.05) is 32.1 Å². The van der Waals surface area contributed by atoms with Crippen molar-refractivity contribution in [3.8, 4) is 0 Å². The van der Waals surface area contributed by atoms with Crippen molar-refractivity contribution in [2.75, 3.05) is 26.7 Å². The van der Waals surface area contributed by atoms with E-state index < -0.39 is 0 Å². The number of hydrogen-bond acceptors (Lipinski definition) is 2. The summed E-state index contributed by atoms with van der Waals surface area (Å²) in [5, 5.41) is 3.26. The first-order valence-corrected chi connectivity index (χ1v) is 8.24. The Hall–Kier alpha value is -0.570. The molecule has 1 aliphatic carbocycles. The van der Waals surface area contributed by atoms with Gasteiger partial charge in [-0.25, -0.2) is 0 Å². The highest BCUT2D eigenvalue weighted by Gasteiger charge is 2.27. The molecule has 2 aliphatic rings. The first-order valence-electron chi connectivity index (χ1n) is 8.24. The van der Waals surface area contributed by atoms with Crippen molar-refractivity contribution in [1.82, 2.24) is 10.2 Å². The number of carbonyl (C=O) groups excluding carboxylic acids is 1. The lowest BCUT2D eigenvalue weighted by Gasteiger charge is -2.34. The maximum absolute atomic E-state index is 12.6. The minimum absolute atomic E-state index is 0.334. The van der Waals surface area contributed by atoms with Crippen molar-refractivity contribution in [2.24, 2.45) is 11.8 Å². The normalized spacial score (nSPS) is 23.9. The molecule has 1 heterocycles. The molecule has 0 aromatic heterocycles. The van der Waals surface area contributed by atoms with E-state index in [4.69, 9.17) is 0 Å². The number of rotatable bonds is 3. The molecule has 2 fully saturated rings. The molecule has 0 aromatic carbocycles. The van der Waals surface area contributed by atoms with Crippen molar-refractivity contribution in [2.45, 2.75) is 57.8 Å². The van der Waals surface area contributed by atoms with E-state index in [9.17, 15) is 4.79 Å². The molecule has 0 bridgehead atoms. The number of amides is 1. The lowest BCUT2D eigenvalue weighted by atomic mass is 9.89. The van der Waals surface area contributed by atoms with Gasteiger partial charge in [0.2, 0.25) is 5.91 Å². The lowest BCUT2D eigenvalue weighted by molar-refractivity contribution is -0.137. The summed E-state index contributed by atoms with van der Waals surface area (Å²) in [4.78, 5) is 14.7. The van der Waals surface area contributed by atoms with Crippen molar-refractivity contribution in [1.29, 1.82) is 0 Å². The summed E-state index contributed by atoms with van der Waals surface area (Å²) in [6.45, 7) is 3.08. The van der Waals surface area contributed by atoms with Gasteiger partial charge in [-0.05, 0) is 45.2 Å². The van der Waals surface area contributed by atoms with E-state index in [0.717, 1.165) is 38.4 Å². The Morgan fingerprint density at radius 2 is 1.58 bits per heavy atom. The molecule has 1 aliphatic heterocycles. The van der Waals surface area contributed by atoms with Gasteiger partial charge in [0.15, 0.2) is 0 Å². The second-order valence-electron chi connectivity index (χ2n) is 6.37. The van der Waals surface area contributed by atoms with E-state index in [2.05, 4.69) is 10.2 Å². The molecular weight excluding hydrogens is 236 g/mol. The van der Waals surface area contributed by atoms with Gasteiger partial charge in [-0.15, -0.1) is 0 Å². The third-order valence-corrected chi connectivity index (χ3v) is 4.87. The summed E-state index contributed by atoms with van der Waals surface area (Å²) in [7, 11) is 2.02. The predicted molar refractivity (Wildman–Crippen MR) is 79.0 cm³/mol. The Morgan fingerprint density at radius 1 is 1.00 bits per heavy atom. The van der Waals surface area contributed by atoms with Crippen LogP contribution >= 0.6 is 0 Å². The van der Waals surface area contributed by atoms with Crippen molar-refractivity contribution in [3.63, 3.8) is 0 Å². The van der Waals surface area contributed by atoms with E-state index in [1.54, 1.807) is 0 Å². The Bertz CT molecular complexity index is 264. The molecule has 110 valence electrons. The highest BCUT2D eigenvalue weighted by molar-refractivity contribution is 5.78. The zero-order chi connectivity index (χ0) is 13.5. The zero-order valence-electron chi connectivity index (χ0n) is 12.5. The van der Waals surface area contributed by atoms with Gasteiger partial charge in [0, 0.05) is 19.0 Å². The first-order chi connectivity index (χ1) is 9.31. The van der Waals surface area contributed by atoms with Gasteiger partial charge >= 0.3 is 0 Å². The summed E-state index contributed by atoms with van der Waals surface area (Å²) < 4.78 is 0. The Balaban J connectivity index is 1.79. The minimum atomic E-state index is 0.334. The first kappa shape index (κ1) is 14.8. The number of likely N-dealkylation sites (tertiary alicyclic amines) is 1. The number of hydrogen-bond donors (Lipinski definition) is 1. The second-order valence-corrected chi connectivity index (χ2v) is 6.37. The van der Waals surface area contributed by atoms with Gasteiger partial charge in [0.25, 0.3) is 0 Å². The molecule has 1 amide bonds. The number of carbonyl (C=O) groups is 1. The molecule has 0 unspecified atom stereocenters. The van der Waals surface area contributed by atoms with E-state index in [0.29, 0.717) is 11.8 Å². The summed E-state index contributed by atoms with van der Waals surface area (Å²) in [5.74, 6) is 1.57. The topological polar surface area (TPSA) is 32.3 Å². The largest absolute Gasteiger partial charge is 0.342 e. The quantitative estimate of drug-likeness (QED) is 0.852. The SMILES string of the molecule is CNCC1CCN(C(=O)C2CCCCCCC2)CC1. The van der Waals surface area contributed by atoms with Gasteiger partial charge in [0.1, 0.15) is 0 Å². The van der Waals surface area contributed by atoms with E-state index in [1.807, 2.05) is 7.05 Å². The van der Waals surface area contributed by atoms with Crippen LogP contribution in [0.3, 0.4) is 0 Å². The third kappa shape index (κ3) is 4.48. The molecule has 19 heavy (non-hydrogen) atoms. The van der Waals surface area contributed by atoms with Crippen LogP contribution in [-0.4, -0.2) is 37.5 Å². The Kier molecular flexibility index (Phi) is 6.15. The summed E-state index contributed by atoms with van der Waals surface area (Å²) >= 11 is 0. The van der Waals surface area contributed by atoms with Gasteiger partial charge < -0.3 is 10.2 Å². The van der Waals surface area contributed by atoms with Gasteiger partial charge in [0.05, 0.1) is 0 Å². The predicted octanol–water partition coefficient (Wildman–Crippen LogP) is 2.80. The highest BCUT2D eigenvalue weighted by Crippen LogP contribution is 2.26. The fourth-order valence-corrected chi connectivity index (χ4v) is 3.61. The van der Waals surface area contributed by atoms with Crippen LogP contribution in [0, 0.1) is 11.8 Å². The summed E-state index contributed by atoms with van der Waals surface area (Å²) in [5.41, 5.74) is 0. The van der Waals surface area contributed by atoms with Crippen LogP contribution in [0.25, 0.3) is 0 Å². The van der Waals surface area contributed by atoms with Crippen LogP contribution in [0.5, 0.6) is 0 Å². The van der Waals surface area contributed by atoms with E-state index >= 15 is 0 Å². The van der Waals surface area contributed by atoms with Crippen LogP contribution in [0.15, 0.2) is 0 Å². The van der Waals surface area contributed by atoms with Crippen molar-refractivity contribution >= 4 is 5.91 Å². The zero-order valence-corrected chi connectivity index (χ0v) is 12.5. The standard InChI is InChI=1S/C16H30N2O/c1-17-13-14-9-11-18(12-10-14)16(19)15-7-5-3-2-4-6-8-15/h14-15,17H,2-13H2,1H3. The van der Waals surface area contributed by atoms with Crippen LogP contribution < -0.4 is 5.32 Å². The number of nitrogens with one attached hydrogen (secondary N) is 1. The van der Waals surface area contributed by atoms with Crippen LogP contribution in [-0.2, 0) is 4.79 Å². The Morgan fingerprint density at radius 3 is 2.16 bits per heavy atom. The monoisotopic (exact) mass is 266 g/mol. The fraction of sp³-hybridized carbons (Fsp3) is 0.938. The highest BCUT2D eigenvalue weighted by atomic mass is 16.2. The fourth-order valence-electron chi connectivity index (χ4n) is 3.61. The van der Waals surface area contributed by atoms with Crippen molar-refractivity contribution < 1.29 is 4.79 Å². The molecule has 0 spiro atoms.